The van der Waals surface area contributed by atoms with Gasteiger partial charge in [-0.25, -0.2) is 0 Å². The van der Waals surface area contributed by atoms with Crippen molar-refractivity contribution in [2.24, 2.45) is 0 Å². The summed E-state index contributed by atoms with van der Waals surface area (Å²) in [7, 11) is 0. The molecule has 5 aromatic rings. The van der Waals surface area contributed by atoms with Gasteiger partial charge in [-0.3, -0.25) is 9.59 Å². The molecule has 0 saturated heterocycles. The fourth-order valence-electron chi connectivity index (χ4n) is 3.68. The minimum absolute atomic E-state index is 0.0301. The first-order valence-electron chi connectivity index (χ1n) is 10.4. The average Bonchev–Trinajstić information content (AvgIpc) is 3.25. The van der Waals surface area contributed by atoms with Crippen molar-refractivity contribution in [2.75, 3.05) is 6.61 Å². The number of carbonyl (C=O) groups is 1. The minimum atomic E-state index is -0.382. The van der Waals surface area contributed by atoms with E-state index in [1.165, 1.54) is 0 Å². The highest BCUT2D eigenvalue weighted by Gasteiger charge is 2.21. The predicted octanol–water partition coefficient (Wildman–Crippen LogP) is 6.74. The predicted molar refractivity (Wildman–Crippen MR) is 128 cm³/mol. The van der Waals surface area contributed by atoms with Crippen molar-refractivity contribution < 1.29 is 18.4 Å². The standard InChI is InChI=1S/C27H19ClO5/c1-15-11-20-23(12-16(15)2)33-26(17-7-9-19(28)10-8-17)27(25(20)30)31-14-21(29)24-13-18-5-3-4-6-22(18)32-24/h3-13H,14H2,1-2H3. The van der Waals surface area contributed by atoms with E-state index >= 15 is 0 Å². The lowest BCUT2D eigenvalue weighted by atomic mass is 10.0. The highest BCUT2D eigenvalue weighted by Crippen LogP contribution is 2.32. The monoisotopic (exact) mass is 458 g/mol. The van der Waals surface area contributed by atoms with Crippen molar-refractivity contribution in [1.29, 1.82) is 0 Å². The van der Waals surface area contributed by atoms with Crippen molar-refractivity contribution >= 4 is 39.3 Å². The Kier molecular flexibility index (Phi) is 5.27. The van der Waals surface area contributed by atoms with E-state index < -0.39 is 0 Å². The first-order valence-corrected chi connectivity index (χ1v) is 10.8. The molecule has 0 N–H and O–H groups in total. The maximum Gasteiger partial charge on any atom is 0.235 e. The second-order valence-electron chi connectivity index (χ2n) is 7.89. The largest absolute Gasteiger partial charge is 0.478 e. The molecule has 0 atom stereocenters. The number of Topliss-reactive ketones (excluding diaryl/α,β-unsaturated/α-hetero) is 1. The van der Waals surface area contributed by atoms with Crippen LogP contribution in [0.25, 0.3) is 33.3 Å². The van der Waals surface area contributed by atoms with E-state index in [0.29, 0.717) is 27.1 Å². The normalized spacial score (nSPS) is 11.2. The highest BCUT2D eigenvalue weighted by molar-refractivity contribution is 6.30. The molecule has 2 heterocycles. The number of para-hydroxylation sites is 1. The Bertz CT molecular complexity index is 1540. The average molecular weight is 459 g/mol. The molecule has 0 unspecified atom stereocenters. The van der Waals surface area contributed by atoms with Gasteiger partial charge in [0.15, 0.2) is 18.1 Å². The Labute approximate surface area is 194 Å². The number of hydrogen-bond acceptors (Lipinski definition) is 5. The van der Waals surface area contributed by atoms with E-state index in [0.717, 1.165) is 16.5 Å². The Morgan fingerprint density at radius 2 is 1.64 bits per heavy atom. The zero-order chi connectivity index (χ0) is 23.1. The number of rotatable bonds is 5. The Hall–Kier alpha value is -3.83. The van der Waals surface area contributed by atoms with E-state index in [9.17, 15) is 9.59 Å². The number of benzene rings is 3. The first kappa shape index (κ1) is 21.0. The maximum atomic E-state index is 13.4. The number of furan rings is 1. The molecule has 0 saturated carbocycles. The molecule has 3 aromatic carbocycles. The van der Waals surface area contributed by atoms with Crippen LogP contribution in [0.15, 0.2) is 80.4 Å². The van der Waals surface area contributed by atoms with Crippen molar-refractivity contribution in [3.63, 3.8) is 0 Å². The zero-order valence-corrected chi connectivity index (χ0v) is 18.7. The molecule has 164 valence electrons. The molecule has 2 aromatic heterocycles. The van der Waals surface area contributed by atoms with Gasteiger partial charge in [-0.2, -0.15) is 0 Å². The summed E-state index contributed by atoms with van der Waals surface area (Å²) in [6.07, 6.45) is 0. The van der Waals surface area contributed by atoms with Gasteiger partial charge in [-0.1, -0.05) is 29.8 Å². The third-order valence-corrected chi connectivity index (χ3v) is 5.87. The van der Waals surface area contributed by atoms with Crippen LogP contribution in [-0.4, -0.2) is 12.4 Å². The van der Waals surface area contributed by atoms with Crippen molar-refractivity contribution in [1.82, 2.24) is 0 Å². The second-order valence-corrected chi connectivity index (χ2v) is 8.33. The van der Waals surface area contributed by atoms with Crippen LogP contribution < -0.4 is 10.2 Å². The summed E-state index contributed by atoms with van der Waals surface area (Å²) in [6.45, 7) is 3.50. The van der Waals surface area contributed by atoms with E-state index in [1.807, 2.05) is 38.1 Å². The highest BCUT2D eigenvalue weighted by atomic mass is 35.5. The van der Waals surface area contributed by atoms with E-state index in [2.05, 4.69) is 0 Å². The van der Waals surface area contributed by atoms with Gasteiger partial charge >= 0.3 is 0 Å². The molecule has 0 aliphatic rings. The molecule has 0 aliphatic carbocycles. The van der Waals surface area contributed by atoms with Gasteiger partial charge in [0.1, 0.15) is 11.2 Å². The zero-order valence-electron chi connectivity index (χ0n) is 18.0. The van der Waals surface area contributed by atoms with Gasteiger partial charge in [0, 0.05) is 16.0 Å². The summed E-state index contributed by atoms with van der Waals surface area (Å²) >= 11 is 6.03. The van der Waals surface area contributed by atoms with Gasteiger partial charge in [-0.15, -0.1) is 0 Å². The van der Waals surface area contributed by atoms with Gasteiger partial charge < -0.3 is 13.6 Å². The summed E-state index contributed by atoms with van der Waals surface area (Å²) in [5.41, 5.74) is 3.28. The molecule has 5 nitrogen and oxygen atoms in total. The molecule has 0 radical (unpaired) electrons. The lowest BCUT2D eigenvalue weighted by molar-refractivity contribution is 0.0894. The molecular formula is C27H19ClO5. The number of ketones is 1. The van der Waals surface area contributed by atoms with E-state index in [-0.39, 0.29) is 35.1 Å². The smallest absolute Gasteiger partial charge is 0.235 e. The Balaban J connectivity index is 1.57. The molecule has 0 amide bonds. The molecular weight excluding hydrogens is 440 g/mol. The number of aryl methyl sites for hydroxylation is 2. The van der Waals surface area contributed by atoms with Crippen LogP contribution in [0.1, 0.15) is 21.7 Å². The molecule has 0 fully saturated rings. The van der Waals surface area contributed by atoms with Crippen LogP contribution in [0.4, 0.5) is 0 Å². The van der Waals surface area contributed by atoms with Gasteiger partial charge in [0.05, 0.1) is 5.39 Å². The van der Waals surface area contributed by atoms with Crippen LogP contribution >= 0.6 is 11.6 Å². The molecule has 5 rings (SSSR count). The lowest BCUT2D eigenvalue weighted by Gasteiger charge is -2.12. The number of ether oxygens (including phenoxy) is 1. The van der Waals surface area contributed by atoms with Crippen LogP contribution in [0.2, 0.25) is 5.02 Å². The second kappa shape index (κ2) is 8.26. The number of halogens is 1. The topological polar surface area (TPSA) is 69.7 Å². The SMILES string of the molecule is Cc1cc2oc(-c3ccc(Cl)cc3)c(OCC(=O)c3cc4ccccc4o3)c(=O)c2cc1C. The van der Waals surface area contributed by atoms with Crippen LogP contribution in [0.5, 0.6) is 5.75 Å². The summed E-state index contributed by atoms with van der Waals surface area (Å²) in [5, 5.41) is 1.76. The van der Waals surface area contributed by atoms with Crippen molar-refractivity contribution in [2.45, 2.75) is 13.8 Å². The maximum absolute atomic E-state index is 13.4. The van der Waals surface area contributed by atoms with Crippen LogP contribution in [-0.2, 0) is 0 Å². The Morgan fingerprint density at radius 1 is 0.909 bits per heavy atom. The van der Waals surface area contributed by atoms with Crippen molar-refractivity contribution in [3.8, 4) is 17.1 Å². The lowest BCUT2D eigenvalue weighted by Crippen LogP contribution is -2.17. The third kappa shape index (κ3) is 3.92. The quantitative estimate of drug-likeness (QED) is 0.273. The van der Waals surface area contributed by atoms with E-state index in [4.69, 9.17) is 25.2 Å². The van der Waals surface area contributed by atoms with Gasteiger partial charge in [0.25, 0.3) is 0 Å². The third-order valence-electron chi connectivity index (χ3n) is 5.62. The molecule has 0 spiro atoms. The molecule has 0 aliphatic heterocycles. The van der Waals surface area contributed by atoms with Gasteiger partial charge in [0.2, 0.25) is 17.0 Å². The number of carbonyl (C=O) groups excluding carboxylic acids is 1. The summed E-state index contributed by atoms with van der Waals surface area (Å²) in [4.78, 5) is 26.2. The van der Waals surface area contributed by atoms with Crippen LogP contribution in [0, 0.1) is 13.8 Å². The van der Waals surface area contributed by atoms with Gasteiger partial charge in [-0.05, 0) is 73.5 Å². The van der Waals surface area contributed by atoms with E-state index in [1.54, 1.807) is 42.5 Å². The number of hydrogen-bond donors (Lipinski definition) is 0. The van der Waals surface area contributed by atoms with Crippen LogP contribution in [0.3, 0.4) is 0 Å². The number of fused-ring (bicyclic) bond motifs is 2. The summed E-state index contributed by atoms with van der Waals surface area (Å²) < 4.78 is 17.5. The summed E-state index contributed by atoms with van der Waals surface area (Å²) in [5.74, 6) is -0.00362. The molecule has 6 heteroatoms. The fraction of sp³-hybridized carbons (Fsp3) is 0.111. The molecule has 33 heavy (non-hydrogen) atoms. The Morgan fingerprint density at radius 3 is 2.39 bits per heavy atom. The fourth-order valence-corrected chi connectivity index (χ4v) is 3.81. The molecule has 0 bridgehead atoms. The first-order chi connectivity index (χ1) is 15.9. The summed E-state index contributed by atoms with van der Waals surface area (Å²) in [6, 6.07) is 19.5. The van der Waals surface area contributed by atoms with Crippen molar-refractivity contribution in [3.05, 3.63) is 98.9 Å². The minimum Gasteiger partial charge on any atom is -0.478 e.